The normalized spacial score (nSPS) is 9.50. The number of rotatable bonds is 6. The van der Waals surface area contributed by atoms with Crippen LogP contribution in [0.1, 0.15) is 26.2 Å². The quantitative estimate of drug-likeness (QED) is 0.589. The third kappa shape index (κ3) is 7.34. The van der Waals surface area contributed by atoms with Crippen LogP contribution in [0.2, 0.25) is 0 Å². The molecule has 0 spiro atoms. The van der Waals surface area contributed by atoms with Gasteiger partial charge in [-0.3, -0.25) is 0 Å². The molecule has 0 aromatic carbocycles. The number of unbranched alkanes of at least 4 members (excludes halogenated alkanes) is 2. The van der Waals surface area contributed by atoms with Crippen LogP contribution in [-0.2, 0) is 4.74 Å². The summed E-state index contributed by atoms with van der Waals surface area (Å²) in [5.74, 6) is 0. The van der Waals surface area contributed by atoms with Crippen LogP contribution in [0.4, 0.5) is 4.79 Å². The number of aliphatic hydroxyl groups is 1. The van der Waals surface area contributed by atoms with E-state index in [4.69, 9.17) is 5.11 Å². The lowest BCUT2D eigenvalue weighted by Crippen LogP contribution is -2.26. The number of hydrogen-bond donors (Lipinski definition) is 2. The van der Waals surface area contributed by atoms with Gasteiger partial charge in [0.25, 0.3) is 0 Å². The summed E-state index contributed by atoms with van der Waals surface area (Å²) in [6.45, 7) is 2.70. The highest BCUT2D eigenvalue weighted by Gasteiger charge is 1.98. The van der Waals surface area contributed by atoms with E-state index in [1.807, 2.05) is 0 Å². The smallest absolute Gasteiger partial charge is 0.407 e. The lowest BCUT2D eigenvalue weighted by molar-refractivity contribution is 0.119. The monoisotopic (exact) mass is 175 g/mol. The van der Waals surface area contributed by atoms with Crippen molar-refractivity contribution in [2.24, 2.45) is 0 Å². The molecule has 0 aliphatic rings. The molecule has 0 aliphatic carbocycles. The average molecular weight is 175 g/mol. The van der Waals surface area contributed by atoms with E-state index in [-0.39, 0.29) is 13.2 Å². The molecule has 0 radical (unpaired) electrons. The predicted octanol–water partition coefficient (Wildman–Crippen LogP) is 0.895. The second-order valence-corrected chi connectivity index (χ2v) is 2.49. The van der Waals surface area contributed by atoms with Crippen molar-refractivity contribution in [3.8, 4) is 0 Å². The fraction of sp³-hybridized carbons (Fsp3) is 0.875. The Morgan fingerprint density at radius 2 is 2.25 bits per heavy atom. The Kier molecular flexibility index (Phi) is 7.79. The summed E-state index contributed by atoms with van der Waals surface area (Å²) < 4.78 is 4.57. The number of alkyl carbamates (subject to hydrolysis) is 1. The Morgan fingerprint density at radius 3 is 2.83 bits per heavy atom. The molecule has 12 heavy (non-hydrogen) atoms. The summed E-state index contributed by atoms with van der Waals surface area (Å²) >= 11 is 0. The third-order valence-electron chi connectivity index (χ3n) is 1.37. The molecule has 0 heterocycles. The van der Waals surface area contributed by atoms with Crippen molar-refractivity contribution in [3.05, 3.63) is 0 Å². The highest BCUT2D eigenvalue weighted by molar-refractivity contribution is 5.66. The minimum Gasteiger partial charge on any atom is -0.447 e. The molecule has 72 valence electrons. The van der Waals surface area contributed by atoms with Gasteiger partial charge in [0.15, 0.2) is 0 Å². The van der Waals surface area contributed by atoms with Crippen molar-refractivity contribution >= 4 is 6.09 Å². The van der Waals surface area contributed by atoms with Gasteiger partial charge in [0, 0.05) is 6.54 Å². The number of carbonyl (C=O) groups is 1. The van der Waals surface area contributed by atoms with E-state index in [1.165, 1.54) is 0 Å². The number of amides is 1. The lowest BCUT2D eigenvalue weighted by Gasteiger charge is -2.04. The summed E-state index contributed by atoms with van der Waals surface area (Å²) in [5.41, 5.74) is 0. The molecule has 0 aliphatic heterocycles. The second kappa shape index (κ2) is 8.33. The molecule has 0 saturated heterocycles. The first-order chi connectivity index (χ1) is 5.81. The molecular formula is C8H17NO3. The largest absolute Gasteiger partial charge is 0.447 e. The van der Waals surface area contributed by atoms with E-state index >= 15 is 0 Å². The number of aliphatic hydroxyl groups excluding tert-OH is 1. The Bertz CT molecular complexity index is 117. The average Bonchev–Trinajstić information content (AvgIpc) is 2.09. The minimum atomic E-state index is -0.444. The first kappa shape index (κ1) is 11.2. The summed E-state index contributed by atoms with van der Waals surface area (Å²) in [6.07, 6.45) is 2.78. The predicted molar refractivity (Wildman–Crippen MR) is 46.0 cm³/mol. The molecule has 4 heteroatoms. The van der Waals surface area contributed by atoms with E-state index < -0.39 is 6.09 Å². The van der Waals surface area contributed by atoms with Gasteiger partial charge in [0.2, 0.25) is 0 Å². The van der Waals surface area contributed by atoms with Gasteiger partial charge < -0.3 is 15.2 Å². The molecule has 0 aromatic heterocycles. The van der Waals surface area contributed by atoms with Crippen LogP contribution in [0.3, 0.4) is 0 Å². The van der Waals surface area contributed by atoms with Gasteiger partial charge in [0.1, 0.15) is 6.61 Å². The molecule has 0 unspecified atom stereocenters. The summed E-state index contributed by atoms with van der Waals surface area (Å²) in [7, 11) is 0. The zero-order valence-electron chi connectivity index (χ0n) is 7.51. The van der Waals surface area contributed by atoms with Crippen molar-refractivity contribution in [1.82, 2.24) is 5.32 Å². The summed E-state index contributed by atoms with van der Waals surface area (Å²) in [4.78, 5) is 10.7. The summed E-state index contributed by atoms with van der Waals surface area (Å²) in [5, 5.41) is 10.9. The standard InChI is InChI=1S/C8H17NO3/c1-2-3-4-5-9-8(11)12-7-6-10/h10H,2-7H2,1H3,(H,9,11). The van der Waals surface area contributed by atoms with E-state index in [2.05, 4.69) is 17.0 Å². The van der Waals surface area contributed by atoms with Gasteiger partial charge in [-0.2, -0.15) is 0 Å². The SMILES string of the molecule is CCCCCNC(=O)OCCO. The van der Waals surface area contributed by atoms with Crippen LogP contribution < -0.4 is 5.32 Å². The number of ether oxygens (including phenoxy) is 1. The van der Waals surface area contributed by atoms with Crippen LogP contribution in [-0.4, -0.2) is 31.0 Å². The van der Waals surface area contributed by atoms with Gasteiger partial charge in [-0.15, -0.1) is 0 Å². The molecule has 0 rings (SSSR count). The van der Waals surface area contributed by atoms with Crippen LogP contribution >= 0.6 is 0 Å². The highest BCUT2D eigenvalue weighted by atomic mass is 16.6. The van der Waals surface area contributed by atoms with E-state index in [0.29, 0.717) is 6.54 Å². The number of hydrogen-bond acceptors (Lipinski definition) is 3. The molecule has 0 bridgehead atoms. The van der Waals surface area contributed by atoms with Crippen molar-refractivity contribution in [2.75, 3.05) is 19.8 Å². The number of carbonyl (C=O) groups excluding carboxylic acids is 1. The van der Waals surface area contributed by atoms with E-state index in [1.54, 1.807) is 0 Å². The van der Waals surface area contributed by atoms with Crippen LogP contribution in [0.15, 0.2) is 0 Å². The van der Waals surface area contributed by atoms with Gasteiger partial charge in [-0.25, -0.2) is 4.79 Å². The number of nitrogens with one attached hydrogen (secondary N) is 1. The zero-order valence-corrected chi connectivity index (χ0v) is 7.51. The van der Waals surface area contributed by atoms with E-state index in [0.717, 1.165) is 19.3 Å². The topological polar surface area (TPSA) is 58.6 Å². The van der Waals surface area contributed by atoms with Gasteiger partial charge in [-0.05, 0) is 6.42 Å². The van der Waals surface area contributed by atoms with Gasteiger partial charge >= 0.3 is 6.09 Å². The molecule has 4 nitrogen and oxygen atoms in total. The van der Waals surface area contributed by atoms with E-state index in [9.17, 15) is 4.79 Å². The Balaban J connectivity index is 3.08. The maximum atomic E-state index is 10.7. The van der Waals surface area contributed by atoms with Crippen LogP contribution in [0, 0.1) is 0 Å². The Labute approximate surface area is 72.9 Å². The molecule has 2 N–H and O–H groups in total. The van der Waals surface area contributed by atoms with Crippen molar-refractivity contribution in [3.63, 3.8) is 0 Å². The minimum absolute atomic E-state index is 0.0691. The van der Waals surface area contributed by atoms with Crippen molar-refractivity contribution < 1.29 is 14.6 Å². The van der Waals surface area contributed by atoms with Crippen molar-refractivity contribution in [2.45, 2.75) is 26.2 Å². The summed E-state index contributed by atoms with van der Waals surface area (Å²) in [6, 6.07) is 0. The Hall–Kier alpha value is -0.770. The Morgan fingerprint density at radius 1 is 1.50 bits per heavy atom. The molecule has 0 aromatic rings. The van der Waals surface area contributed by atoms with Gasteiger partial charge in [-0.1, -0.05) is 19.8 Å². The molecule has 0 fully saturated rings. The third-order valence-corrected chi connectivity index (χ3v) is 1.37. The molecule has 1 amide bonds. The molecule has 0 saturated carbocycles. The first-order valence-corrected chi connectivity index (χ1v) is 4.32. The maximum Gasteiger partial charge on any atom is 0.407 e. The van der Waals surface area contributed by atoms with Crippen LogP contribution in [0.25, 0.3) is 0 Å². The fourth-order valence-corrected chi connectivity index (χ4v) is 0.755. The lowest BCUT2D eigenvalue weighted by atomic mass is 10.2. The zero-order chi connectivity index (χ0) is 9.23. The van der Waals surface area contributed by atoms with Crippen LogP contribution in [0.5, 0.6) is 0 Å². The maximum absolute atomic E-state index is 10.7. The van der Waals surface area contributed by atoms with Gasteiger partial charge in [0.05, 0.1) is 6.61 Å². The second-order valence-electron chi connectivity index (χ2n) is 2.49. The first-order valence-electron chi connectivity index (χ1n) is 4.32. The van der Waals surface area contributed by atoms with Crippen molar-refractivity contribution in [1.29, 1.82) is 0 Å². The molecular weight excluding hydrogens is 158 g/mol. The highest BCUT2D eigenvalue weighted by Crippen LogP contribution is 1.91. The molecule has 0 atom stereocenters. The fourth-order valence-electron chi connectivity index (χ4n) is 0.755.